The number of benzene rings is 1. The highest BCUT2D eigenvalue weighted by molar-refractivity contribution is 7.89. The summed E-state index contributed by atoms with van der Waals surface area (Å²) in [5.74, 6) is 0.884. The Hall–Kier alpha value is -2.72. The smallest absolute Gasteiger partial charge is 0.415 e. The van der Waals surface area contributed by atoms with Gasteiger partial charge in [-0.3, -0.25) is 4.90 Å². The van der Waals surface area contributed by atoms with Gasteiger partial charge in [0.05, 0.1) is 17.5 Å². The van der Waals surface area contributed by atoms with Crippen LogP contribution in [0.5, 0.6) is 0 Å². The molecule has 1 fully saturated rings. The van der Waals surface area contributed by atoms with E-state index in [1.807, 2.05) is 12.1 Å². The third-order valence-corrected chi connectivity index (χ3v) is 6.72. The van der Waals surface area contributed by atoms with Crippen molar-refractivity contribution in [1.82, 2.24) is 14.3 Å². The van der Waals surface area contributed by atoms with E-state index in [1.54, 1.807) is 24.4 Å². The number of hydrogen-bond donors (Lipinski definition) is 1. The van der Waals surface area contributed by atoms with Gasteiger partial charge in [0.25, 0.3) is 0 Å². The molecule has 0 radical (unpaired) electrons. The lowest BCUT2D eigenvalue weighted by atomic mass is 10.0. The summed E-state index contributed by atoms with van der Waals surface area (Å²) >= 11 is 0. The molecule has 0 aliphatic carbocycles. The number of hydrogen-bond acceptors (Lipinski definition) is 7. The van der Waals surface area contributed by atoms with Gasteiger partial charge >= 0.3 is 6.09 Å². The van der Waals surface area contributed by atoms with Crippen LogP contribution in [0, 0.1) is 0 Å². The monoisotopic (exact) mass is 433 g/mol. The maximum atomic E-state index is 12.3. The summed E-state index contributed by atoms with van der Waals surface area (Å²) in [4.78, 5) is 22.3. The van der Waals surface area contributed by atoms with E-state index in [2.05, 4.69) is 22.2 Å². The Balaban J connectivity index is 1.82. The SMILES string of the molecule is CCCCC(Nc1nccc(N2CCOC2=O)n1)c1ccc(S(=O)(=O)N(C)C)cc1. The van der Waals surface area contributed by atoms with Crippen LogP contribution in [-0.4, -0.2) is 56.0 Å². The van der Waals surface area contributed by atoms with Gasteiger partial charge in [0.15, 0.2) is 0 Å². The number of nitrogens with zero attached hydrogens (tertiary/aromatic N) is 4. The number of anilines is 2. The van der Waals surface area contributed by atoms with Gasteiger partial charge in [0, 0.05) is 20.3 Å². The zero-order valence-corrected chi connectivity index (χ0v) is 18.2. The number of carbonyl (C=O) groups is 1. The number of unbranched alkanes of at least 4 members (excludes halogenated alkanes) is 1. The number of aromatic nitrogens is 2. The number of carbonyl (C=O) groups excluding carboxylic acids is 1. The lowest BCUT2D eigenvalue weighted by molar-refractivity contribution is 0.181. The predicted molar refractivity (Wildman–Crippen MR) is 114 cm³/mol. The topological polar surface area (TPSA) is 105 Å². The lowest BCUT2D eigenvalue weighted by Gasteiger charge is -2.21. The van der Waals surface area contributed by atoms with Crippen molar-refractivity contribution in [3.8, 4) is 0 Å². The molecular formula is C20H27N5O4S. The molecule has 1 saturated heterocycles. The molecule has 0 spiro atoms. The number of cyclic esters (lactones) is 1. The first-order valence-electron chi connectivity index (χ1n) is 9.89. The Morgan fingerprint density at radius 2 is 1.97 bits per heavy atom. The molecule has 10 heteroatoms. The van der Waals surface area contributed by atoms with Crippen LogP contribution < -0.4 is 10.2 Å². The van der Waals surface area contributed by atoms with Gasteiger partial charge in [0.1, 0.15) is 12.4 Å². The van der Waals surface area contributed by atoms with E-state index in [9.17, 15) is 13.2 Å². The number of ether oxygens (including phenoxy) is 1. The van der Waals surface area contributed by atoms with Crippen molar-refractivity contribution in [3.05, 3.63) is 42.1 Å². The van der Waals surface area contributed by atoms with Crippen molar-refractivity contribution in [2.45, 2.75) is 37.1 Å². The van der Waals surface area contributed by atoms with Crippen LogP contribution in [0.15, 0.2) is 41.4 Å². The molecule has 1 aliphatic rings. The Morgan fingerprint density at radius 3 is 2.57 bits per heavy atom. The molecule has 162 valence electrons. The third kappa shape index (κ3) is 4.88. The first kappa shape index (κ1) is 22.0. The van der Waals surface area contributed by atoms with Crippen LogP contribution in [0.1, 0.15) is 37.8 Å². The summed E-state index contributed by atoms with van der Waals surface area (Å²) in [6.07, 6.45) is 4.01. The van der Waals surface area contributed by atoms with Crippen molar-refractivity contribution in [3.63, 3.8) is 0 Å². The van der Waals surface area contributed by atoms with Crippen molar-refractivity contribution in [2.24, 2.45) is 0 Å². The molecule has 1 atom stereocenters. The van der Waals surface area contributed by atoms with E-state index in [1.165, 1.54) is 23.3 Å². The highest BCUT2D eigenvalue weighted by Gasteiger charge is 2.25. The number of rotatable bonds is 9. The van der Waals surface area contributed by atoms with Gasteiger partial charge < -0.3 is 10.1 Å². The summed E-state index contributed by atoms with van der Waals surface area (Å²) in [5.41, 5.74) is 0.941. The average molecular weight is 434 g/mol. The molecule has 2 heterocycles. The zero-order valence-electron chi connectivity index (χ0n) is 17.4. The molecule has 0 bridgehead atoms. The fraction of sp³-hybridized carbons (Fsp3) is 0.450. The van der Waals surface area contributed by atoms with Gasteiger partial charge in [-0.05, 0) is 30.2 Å². The number of sulfonamides is 1. The van der Waals surface area contributed by atoms with Crippen molar-refractivity contribution >= 4 is 27.9 Å². The second-order valence-corrected chi connectivity index (χ2v) is 9.35. The quantitative estimate of drug-likeness (QED) is 0.648. The molecule has 0 saturated carbocycles. The standard InChI is InChI=1S/C20H27N5O4S/c1-4-5-6-17(15-7-9-16(10-8-15)30(27,28)24(2)3)22-19-21-12-11-18(23-19)25-13-14-29-20(25)26/h7-12,17H,4-6,13-14H2,1-3H3,(H,21,22,23). The van der Waals surface area contributed by atoms with Gasteiger partial charge in [-0.25, -0.2) is 22.5 Å². The van der Waals surface area contributed by atoms with Gasteiger partial charge in [-0.2, -0.15) is 4.98 Å². The van der Waals surface area contributed by atoms with Crippen molar-refractivity contribution < 1.29 is 17.9 Å². The van der Waals surface area contributed by atoms with Crippen molar-refractivity contribution in [2.75, 3.05) is 37.5 Å². The van der Waals surface area contributed by atoms with Crippen LogP contribution in [-0.2, 0) is 14.8 Å². The van der Waals surface area contributed by atoms with E-state index in [4.69, 9.17) is 4.74 Å². The second-order valence-electron chi connectivity index (χ2n) is 7.20. The summed E-state index contributed by atoms with van der Waals surface area (Å²) in [6.45, 7) is 2.91. The van der Waals surface area contributed by atoms with E-state index in [-0.39, 0.29) is 10.9 Å². The summed E-state index contributed by atoms with van der Waals surface area (Å²) in [7, 11) is -0.458. The van der Waals surface area contributed by atoms with Crippen LogP contribution in [0.3, 0.4) is 0 Å². The minimum Gasteiger partial charge on any atom is -0.447 e. The third-order valence-electron chi connectivity index (χ3n) is 4.89. The van der Waals surface area contributed by atoms with E-state index >= 15 is 0 Å². The summed E-state index contributed by atoms with van der Waals surface area (Å²) < 4.78 is 30.8. The van der Waals surface area contributed by atoms with Crippen molar-refractivity contribution in [1.29, 1.82) is 0 Å². The molecule has 1 amide bonds. The predicted octanol–water partition coefficient (Wildman–Crippen LogP) is 3.03. The largest absolute Gasteiger partial charge is 0.447 e. The summed E-state index contributed by atoms with van der Waals surface area (Å²) in [5, 5.41) is 3.33. The molecule has 9 nitrogen and oxygen atoms in total. The molecule has 2 aromatic rings. The summed E-state index contributed by atoms with van der Waals surface area (Å²) in [6, 6.07) is 8.42. The number of amides is 1. The molecule has 1 unspecified atom stereocenters. The minimum atomic E-state index is -3.48. The average Bonchev–Trinajstić information content (AvgIpc) is 3.17. The number of nitrogens with one attached hydrogen (secondary N) is 1. The molecule has 3 rings (SSSR count). The molecule has 1 N–H and O–H groups in total. The molecular weight excluding hydrogens is 406 g/mol. The van der Waals surface area contributed by atoms with Crippen LogP contribution in [0.2, 0.25) is 0 Å². The Kier molecular flexibility index (Phi) is 6.88. The lowest BCUT2D eigenvalue weighted by Crippen LogP contribution is -2.25. The molecule has 1 aliphatic heterocycles. The van der Waals surface area contributed by atoms with E-state index < -0.39 is 16.1 Å². The first-order valence-corrected chi connectivity index (χ1v) is 11.3. The first-order chi connectivity index (χ1) is 14.3. The molecule has 1 aromatic heterocycles. The van der Waals surface area contributed by atoms with E-state index in [0.29, 0.717) is 24.9 Å². The Labute approximate surface area is 177 Å². The van der Waals surface area contributed by atoms with E-state index in [0.717, 1.165) is 24.8 Å². The maximum absolute atomic E-state index is 12.3. The molecule has 30 heavy (non-hydrogen) atoms. The highest BCUT2D eigenvalue weighted by Crippen LogP contribution is 2.26. The van der Waals surface area contributed by atoms with Gasteiger partial charge in [-0.15, -0.1) is 0 Å². The van der Waals surface area contributed by atoms with Gasteiger partial charge in [-0.1, -0.05) is 31.9 Å². The van der Waals surface area contributed by atoms with Gasteiger partial charge in [0.2, 0.25) is 16.0 Å². The normalized spacial score (nSPS) is 15.3. The maximum Gasteiger partial charge on any atom is 0.415 e. The Morgan fingerprint density at radius 1 is 1.23 bits per heavy atom. The van der Waals surface area contributed by atoms with Crippen LogP contribution >= 0.6 is 0 Å². The fourth-order valence-corrected chi connectivity index (χ4v) is 4.04. The Bertz CT molecular complexity index is 979. The fourth-order valence-electron chi connectivity index (χ4n) is 3.14. The van der Waals surface area contributed by atoms with Crippen LogP contribution in [0.4, 0.5) is 16.6 Å². The van der Waals surface area contributed by atoms with Crippen LogP contribution in [0.25, 0.3) is 0 Å². The molecule has 1 aromatic carbocycles. The minimum absolute atomic E-state index is 0.0955. The highest BCUT2D eigenvalue weighted by atomic mass is 32.2. The zero-order chi connectivity index (χ0) is 21.7. The second kappa shape index (κ2) is 9.40.